The predicted molar refractivity (Wildman–Crippen MR) is 88.1 cm³/mol. The number of aliphatic hydroxyl groups is 1. The predicted octanol–water partition coefficient (Wildman–Crippen LogP) is 2.36. The lowest BCUT2D eigenvalue weighted by Gasteiger charge is -2.18. The molecule has 4 rings (SSSR count). The van der Waals surface area contributed by atoms with Gasteiger partial charge in [0.1, 0.15) is 0 Å². The molecule has 0 radical (unpaired) electrons. The summed E-state index contributed by atoms with van der Waals surface area (Å²) in [4.78, 5) is 12.2. The van der Waals surface area contributed by atoms with Gasteiger partial charge < -0.3 is 15.7 Å². The minimum Gasteiger partial charge on any atom is -0.394 e. The van der Waals surface area contributed by atoms with Gasteiger partial charge in [-0.05, 0) is 29.0 Å². The molecule has 0 saturated heterocycles. The first-order valence-corrected chi connectivity index (χ1v) is 8.08. The van der Waals surface area contributed by atoms with Crippen LogP contribution in [0.2, 0.25) is 0 Å². The fourth-order valence-electron chi connectivity index (χ4n) is 3.82. The standard InChI is InChI=1S/C19H20N2O2/c22-11-16(12-6-2-1-3-7-12)20-19(23)21-18-15-10-13-8-4-5-9-14(13)17(15)18/h1-9,15-18,22H,10-11H2,(H2,20,21,23)/t15-,16+,17-,18+/m0/s1. The van der Waals surface area contributed by atoms with Gasteiger partial charge in [0.05, 0.1) is 12.6 Å². The molecule has 2 aliphatic rings. The molecule has 3 N–H and O–H groups in total. The molecule has 1 fully saturated rings. The number of fused-ring (bicyclic) bond motifs is 3. The van der Waals surface area contributed by atoms with Crippen molar-refractivity contribution >= 4 is 6.03 Å². The monoisotopic (exact) mass is 308 g/mol. The average Bonchev–Trinajstić information content (AvgIpc) is 3.09. The van der Waals surface area contributed by atoms with Crippen LogP contribution in [0.1, 0.15) is 28.7 Å². The molecule has 2 aromatic carbocycles. The molecular formula is C19H20N2O2. The molecule has 4 nitrogen and oxygen atoms in total. The molecule has 0 aliphatic heterocycles. The van der Waals surface area contributed by atoms with Crippen molar-refractivity contribution in [2.75, 3.05) is 6.61 Å². The molecule has 2 amide bonds. The molecule has 0 heterocycles. The van der Waals surface area contributed by atoms with Gasteiger partial charge in [0.25, 0.3) is 0 Å². The van der Waals surface area contributed by atoms with Gasteiger partial charge in [-0.25, -0.2) is 4.79 Å². The van der Waals surface area contributed by atoms with E-state index < -0.39 is 0 Å². The summed E-state index contributed by atoms with van der Waals surface area (Å²) >= 11 is 0. The SMILES string of the molecule is O=C(N[C@@H]1[C@H]2Cc3ccccc3[C@@H]21)N[C@H](CO)c1ccccc1. The van der Waals surface area contributed by atoms with Crippen molar-refractivity contribution in [3.63, 3.8) is 0 Å². The summed E-state index contributed by atoms with van der Waals surface area (Å²) < 4.78 is 0. The van der Waals surface area contributed by atoms with Crippen LogP contribution in [0.5, 0.6) is 0 Å². The Labute approximate surface area is 135 Å². The van der Waals surface area contributed by atoms with Gasteiger partial charge in [-0.1, -0.05) is 54.6 Å². The summed E-state index contributed by atoms with van der Waals surface area (Å²) in [7, 11) is 0. The number of amides is 2. The summed E-state index contributed by atoms with van der Waals surface area (Å²) in [6.45, 7) is -0.113. The number of carbonyl (C=O) groups is 1. The van der Waals surface area contributed by atoms with Gasteiger partial charge in [0.15, 0.2) is 0 Å². The maximum Gasteiger partial charge on any atom is 0.315 e. The van der Waals surface area contributed by atoms with Gasteiger partial charge in [-0.3, -0.25) is 0 Å². The van der Waals surface area contributed by atoms with Crippen molar-refractivity contribution in [1.29, 1.82) is 0 Å². The lowest BCUT2D eigenvalue weighted by molar-refractivity contribution is 0.216. The maximum atomic E-state index is 12.2. The molecule has 0 spiro atoms. The van der Waals surface area contributed by atoms with E-state index in [4.69, 9.17) is 0 Å². The van der Waals surface area contributed by atoms with Gasteiger partial charge in [-0.2, -0.15) is 0 Å². The number of aliphatic hydroxyl groups excluding tert-OH is 1. The molecule has 1 saturated carbocycles. The van der Waals surface area contributed by atoms with E-state index in [0.717, 1.165) is 12.0 Å². The van der Waals surface area contributed by atoms with Crippen molar-refractivity contribution in [3.05, 3.63) is 71.3 Å². The Morgan fingerprint density at radius 1 is 1.13 bits per heavy atom. The Bertz CT molecular complexity index is 716. The zero-order valence-electron chi connectivity index (χ0n) is 12.8. The molecule has 0 bridgehead atoms. The van der Waals surface area contributed by atoms with Gasteiger partial charge >= 0.3 is 6.03 Å². The third-order valence-electron chi connectivity index (χ3n) is 5.03. The highest BCUT2D eigenvalue weighted by atomic mass is 16.3. The first kappa shape index (κ1) is 14.3. The summed E-state index contributed by atoms with van der Waals surface area (Å²) in [5.74, 6) is 0.990. The van der Waals surface area contributed by atoms with Crippen LogP contribution >= 0.6 is 0 Å². The normalized spacial score (nSPS) is 25.2. The number of benzene rings is 2. The number of nitrogens with one attached hydrogen (secondary N) is 2. The number of carbonyl (C=O) groups excluding carboxylic acids is 1. The molecule has 4 atom stereocenters. The highest BCUT2D eigenvalue weighted by Crippen LogP contribution is 2.56. The topological polar surface area (TPSA) is 61.4 Å². The molecule has 2 aromatic rings. The van der Waals surface area contributed by atoms with Crippen molar-refractivity contribution < 1.29 is 9.90 Å². The lowest BCUT2D eigenvalue weighted by Crippen LogP contribution is -2.41. The zero-order valence-corrected chi connectivity index (χ0v) is 12.8. The second-order valence-corrected chi connectivity index (χ2v) is 6.38. The van der Waals surface area contributed by atoms with Crippen LogP contribution in [0.25, 0.3) is 0 Å². The number of urea groups is 1. The maximum absolute atomic E-state index is 12.2. The first-order chi connectivity index (χ1) is 11.3. The summed E-state index contributed by atoms with van der Waals surface area (Å²) in [6.07, 6.45) is 1.05. The largest absolute Gasteiger partial charge is 0.394 e. The Morgan fingerprint density at radius 2 is 1.87 bits per heavy atom. The molecule has 118 valence electrons. The van der Waals surface area contributed by atoms with E-state index in [1.165, 1.54) is 11.1 Å². The number of hydrogen-bond acceptors (Lipinski definition) is 2. The Kier molecular flexibility index (Phi) is 3.54. The van der Waals surface area contributed by atoms with Crippen LogP contribution in [-0.2, 0) is 6.42 Å². The summed E-state index contributed by atoms with van der Waals surface area (Å²) in [5, 5.41) is 15.5. The van der Waals surface area contributed by atoms with E-state index in [1.807, 2.05) is 30.3 Å². The van der Waals surface area contributed by atoms with Gasteiger partial charge in [0, 0.05) is 12.0 Å². The van der Waals surface area contributed by atoms with E-state index in [0.29, 0.717) is 11.8 Å². The minimum atomic E-state index is -0.373. The summed E-state index contributed by atoms with van der Waals surface area (Å²) in [5.41, 5.74) is 3.70. The second-order valence-electron chi connectivity index (χ2n) is 6.38. The molecule has 0 aromatic heterocycles. The third kappa shape index (κ3) is 2.59. The van der Waals surface area contributed by atoms with Crippen molar-refractivity contribution in [2.24, 2.45) is 5.92 Å². The average molecular weight is 308 g/mol. The smallest absolute Gasteiger partial charge is 0.315 e. The van der Waals surface area contributed by atoms with E-state index in [2.05, 4.69) is 34.9 Å². The molecule has 4 heteroatoms. The number of hydrogen-bond donors (Lipinski definition) is 3. The van der Waals surface area contributed by atoms with E-state index in [1.54, 1.807) is 0 Å². The highest BCUT2D eigenvalue weighted by molar-refractivity contribution is 5.76. The Morgan fingerprint density at radius 3 is 2.65 bits per heavy atom. The van der Waals surface area contributed by atoms with Crippen LogP contribution < -0.4 is 10.6 Å². The van der Waals surface area contributed by atoms with Crippen LogP contribution in [0.4, 0.5) is 4.79 Å². The fourth-order valence-corrected chi connectivity index (χ4v) is 3.82. The molecule has 2 aliphatic carbocycles. The van der Waals surface area contributed by atoms with Crippen LogP contribution in [0.3, 0.4) is 0 Å². The quantitative estimate of drug-likeness (QED) is 0.812. The van der Waals surface area contributed by atoms with Crippen molar-refractivity contribution in [2.45, 2.75) is 24.4 Å². The van der Waals surface area contributed by atoms with E-state index >= 15 is 0 Å². The van der Waals surface area contributed by atoms with Crippen molar-refractivity contribution in [1.82, 2.24) is 10.6 Å². The van der Waals surface area contributed by atoms with E-state index in [9.17, 15) is 9.90 Å². The molecular weight excluding hydrogens is 288 g/mol. The van der Waals surface area contributed by atoms with Gasteiger partial charge in [0.2, 0.25) is 0 Å². The summed E-state index contributed by atoms with van der Waals surface area (Å²) in [6, 6.07) is 17.7. The second kappa shape index (κ2) is 5.70. The van der Waals surface area contributed by atoms with Crippen LogP contribution in [0.15, 0.2) is 54.6 Å². The lowest BCUT2D eigenvalue weighted by atomic mass is 10.1. The van der Waals surface area contributed by atoms with Crippen molar-refractivity contribution in [3.8, 4) is 0 Å². The molecule has 23 heavy (non-hydrogen) atoms. The highest BCUT2D eigenvalue weighted by Gasteiger charge is 2.56. The Balaban J connectivity index is 1.37. The van der Waals surface area contributed by atoms with Crippen LogP contribution in [-0.4, -0.2) is 23.8 Å². The van der Waals surface area contributed by atoms with E-state index in [-0.39, 0.29) is 24.7 Å². The fraction of sp³-hybridized carbons (Fsp3) is 0.316. The number of rotatable bonds is 4. The first-order valence-electron chi connectivity index (χ1n) is 8.08. The molecule has 0 unspecified atom stereocenters. The third-order valence-corrected chi connectivity index (χ3v) is 5.03. The Hall–Kier alpha value is -2.33. The van der Waals surface area contributed by atoms with Crippen LogP contribution in [0, 0.1) is 5.92 Å². The van der Waals surface area contributed by atoms with Gasteiger partial charge in [-0.15, -0.1) is 0 Å². The minimum absolute atomic E-state index is 0.113. The zero-order chi connectivity index (χ0) is 15.8.